The fourth-order valence-corrected chi connectivity index (χ4v) is 5.08. The summed E-state index contributed by atoms with van der Waals surface area (Å²) in [5, 5.41) is 0. The molecule has 0 radical (unpaired) electrons. The highest BCUT2D eigenvalue weighted by Gasteiger charge is 2.36. The van der Waals surface area contributed by atoms with E-state index in [1.54, 1.807) is 7.11 Å². The summed E-state index contributed by atoms with van der Waals surface area (Å²) in [5.41, 5.74) is 3.96. The van der Waals surface area contributed by atoms with Gasteiger partial charge in [-0.25, -0.2) is 0 Å². The predicted molar refractivity (Wildman–Crippen MR) is 147 cm³/mol. The summed E-state index contributed by atoms with van der Waals surface area (Å²) in [4.78, 5) is 17.8. The van der Waals surface area contributed by atoms with Crippen LogP contribution in [0.1, 0.15) is 32.3 Å². The van der Waals surface area contributed by atoms with Gasteiger partial charge in [0.1, 0.15) is 5.75 Å². The van der Waals surface area contributed by atoms with Crippen LogP contribution in [0, 0.1) is 0 Å². The number of anilines is 1. The normalized spacial score (nSPS) is 15.8. The minimum atomic E-state index is -0.609. The monoisotopic (exact) mass is 486 g/mol. The minimum absolute atomic E-state index is 0.127. The molecule has 1 aliphatic heterocycles. The van der Waals surface area contributed by atoms with Gasteiger partial charge in [0.2, 0.25) is 0 Å². The fraction of sp³-hybridized carbons (Fsp3) is 0.387. The molecule has 0 aliphatic carbocycles. The average molecular weight is 487 g/mol. The van der Waals surface area contributed by atoms with Gasteiger partial charge in [-0.3, -0.25) is 9.69 Å². The van der Waals surface area contributed by atoms with E-state index in [9.17, 15) is 4.79 Å². The highest BCUT2D eigenvalue weighted by atomic mass is 16.5. The van der Waals surface area contributed by atoms with Crippen LogP contribution in [0.5, 0.6) is 5.75 Å². The first-order valence-corrected chi connectivity index (χ1v) is 13.0. The molecule has 0 spiro atoms. The SMILES string of the molecule is CCOC(=O)C(C)(CCCN1CCN(c2ccc(-c3ccccc3OC)cc2)CC1)c1ccccc1. The van der Waals surface area contributed by atoms with Crippen LogP contribution in [0.3, 0.4) is 0 Å². The Morgan fingerprint density at radius 1 is 0.889 bits per heavy atom. The van der Waals surface area contributed by atoms with E-state index in [1.807, 2.05) is 62.4 Å². The van der Waals surface area contributed by atoms with Gasteiger partial charge >= 0.3 is 5.97 Å². The van der Waals surface area contributed by atoms with Crippen molar-refractivity contribution in [1.82, 2.24) is 4.90 Å². The molecule has 190 valence electrons. The Hall–Kier alpha value is -3.31. The maximum Gasteiger partial charge on any atom is 0.316 e. The number of carbonyl (C=O) groups excluding carboxylic acids is 1. The Morgan fingerprint density at radius 2 is 1.56 bits per heavy atom. The van der Waals surface area contributed by atoms with Crippen LogP contribution < -0.4 is 9.64 Å². The van der Waals surface area contributed by atoms with Gasteiger partial charge in [0.15, 0.2) is 0 Å². The lowest BCUT2D eigenvalue weighted by Gasteiger charge is -2.37. The van der Waals surface area contributed by atoms with Crippen molar-refractivity contribution < 1.29 is 14.3 Å². The van der Waals surface area contributed by atoms with Gasteiger partial charge in [-0.05, 0) is 62.6 Å². The third kappa shape index (κ3) is 5.90. The zero-order chi connectivity index (χ0) is 25.4. The van der Waals surface area contributed by atoms with E-state index in [1.165, 1.54) is 5.69 Å². The van der Waals surface area contributed by atoms with E-state index in [-0.39, 0.29) is 5.97 Å². The summed E-state index contributed by atoms with van der Waals surface area (Å²) in [7, 11) is 1.71. The zero-order valence-corrected chi connectivity index (χ0v) is 21.8. The van der Waals surface area contributed by atoms with Crippen molar-refractivity contribution in [2.75, 3.05) is 51.3 Å². The van der Waals surface area contributed by atoms with Crippen molar-refractivity contribution >= 4 is 11.7 Å². The smallest absolute Gasteiger partial charge is 0.316 e. The molecule has 3 aromatic carbocycles. The molecule has 1 heterocycles. The Bertz CT molecular complexity index is 1110. The molecule has 3 aromatic rings. The largest absolute Gasteiger partial charge is 0.496 e. The number of hydrogen-bond donors (Lipinski definition) is 0. The van der Waals surface area contributed by atoms with E-state index in [0.29, 0.717) is 6.61 Å². The van der Waals surface area contributed by atoms with Gasteiger partial charge < -0.3 is 14.4 Å². The molecule has 0 saturated carbocycles. The molecule has 1 unspecified atom stereocenters. The van der Waals surface area contributed by atoms with Crippen LogP contribution in [0.2, 0.25) is 0 Å². The van der Waals surface area contributed by atoms with E-state index in [0.717, 1.165) is 68.0 Å². The molecule has 1 fully saturated rings. The second-order valence-electron chi connectivity index (χ2n) is 9.60. The Kier molecular flexibility index (Phi) is 8.65. The lowest BCUT2D eigenvalue weighted by molar-refractivity contribution is -0.149. The molecule has 0 aromatic heterocycles. The Morgan fingerprint density at radius 3 is 2.22 bits per heavy atom. The van der Waals surface area contributed by atoms with Crippen molar-refractivity contribution in [3.63, 3.8) is 0 Å². The summed E-state index contributed by atoms with van der Waals surface area (Å²) in [6.45, 7) is 9.34. The predicted octanol–water partition coefficient (Wildman–Crippen LogP) is 5.79. The first kappa shape index (κ1) is 25.8. The standard InChI is InChI=1S/C31H38N2O3/c1-4-36-30(34)31(2,26-11-6-5-7-12-26)19-10-20-32-21-23-33(24-22-32)27-17-15-25(16-18-27)28-13-8-9-14-29(28)35-3/h5-9,11-18H,4,10,19-24H2,1-3H3. The minimum Gasteiger partial charge on any atom is -0.496 e. The molecule has 5 heteroatoms. The van der Waals surface area contributed by atoms with Gasteiger partial charge in [-0.15, -0.1) is 0 Å². The highest BCUT2D eigenvalue weighted by molar-refractivity contribution is 5.82. The van der Waals surface area contributed by atoms with Gasteiger partial charge in [-0.2, -0.15) is 0 Å². The lowest BCUT2D eigenvalue weighted by atomic mass is 9.78. The maximum absolute atomic E-state index is 12.8. The zero-order valence-electron chi connectivity index (χ0n) is 21.8. The number of para-hydroxylation sites is 1. The van der Waals surface area contributed by atoms with E-state index in [4.69, 9.17) is 9.47 Å². The summed E-state index contributed by atoms with van der Waals surface area (Å²) < 4.78 is 11.0. The van der Waals surface area contributed by atoms with Crippen molar-refractivity contribution in [3.05, 3.63) is 84.4 Å². The van der Waals surface area contributed by atoms with Gasteiger partial charge in [-0.1, -0.05) is 60.7 Å². The Balaban J connectivity index is 1.30. The number of rotatable bonds is 10. The van der Waals surface area contributed by atoms with Crippen molar-refractivity contribution in [2.45, 2.75) is 32.1 Å². The Labute approximate surface area is 215 Å². The number of hydrogen-bond acceptors (Lipinski definition) is 5. The topological polar surface area (TPSA) is 42.0 Å². The van der Waals surface area contributed by atoms with E-state index < -0.39 is 5.41 Å². The molecular weight excluding hydrogens is 448 g/mol. The average Bonchev–Trinajstić information content (AvgIpc) is 2.94. The molecule has 0 amide bonds. The highest BCUT2D eigenvalue weighted by Crippen LogP contribution is 2.32. The number of ether oxygens (including phenoxy) is 2. The molecule has 36 heavy (non-hydrogen) atoms. The van der Waals surface area contributed by atoms with Crippen LogP contribution in [0.4, 0.5) is 5.69 Å². The van der Waals surface area contributed by atoms with E-state index in [2.05, 4.69) is 40.1 Å². The van der Waals surface area contributed by atoms with Crippen LogP contribution in [-0.4, -0.2) is 57.3 Å². The summed E-state index contributed by atoms with van der Waals surface area (Å²) in [6, 6.07) is 27.0. The third-order valence-corrected chi connectivity index (χ3v) is 7.31. The molecule has 0 bridgehead atoms. The maximum atomic E-state index is 12.8. The molecule has 1 aliphatic rings. The summed E-state index contributed by atoms with van der Waals surface area (Å²) in [5.74, 6) is 0.766. The third-order valence-electron chi connectivity index (χ3n) is 7.31. The van der Waals surface area contributed by atoms with Crippen LogP contribution in [-0.2, 0) is 14.9 Å². The number of methoxy groups -OCH3 is 1. The van der Waals surface area contributed by atoms with Crippen molar-refractivity contribution in [2.24, 2.45) is 0 Å². The van der Waals surface area contributed by atoms with Crippen molar-refractivity contribution in [3.8, 4) is 16.9 Å². The molecule has 1 atom stereocenters. The fourth-order valence-electron chi connectivity index (χ4n) is 5.08. The number of benzene rings is 3. The number of carbonyl (C=O) groups is 1. The first-order chi connectivity index (χ1) is 17.5. The molecule has 4 rings (SSSR count). The molecule has 5 nitrogen and oxygen atoms in total. The van der Waals surface area contributed by atoms with Crippen LogP contribution in [0.15, 0.2) is 78.9 Å². The number of nitrogens with zero attached hydrogens (tertiary/aromatic N) is 2. The summed E-state index contributed by atoms with van der Waals surface area (Å²) >= 11 is 0. The number of piperazine rings is 1. The second-order valence-corrected chi connectivity index (χ2v) is 9.60. The quantitative estimate of drug-likeness (QED) is 0.340. The molecule has 0 N–H and O–H groups in total. The van der Waals surface area contributed by atoms with Crippen molar-refractivity contribution in [1.29, 1.82) is 0 Å². The second kappa shape index (κ2) is 12.1. The molecule has 1 saturated heterocycles. The first-order valence-electron chi connectivity index (χ1n) is 13.0. The van der Waals surface area contributed by atoms with E-state index >= 15 is 0 Å². The van der Waals surface area contributed by atoms with Gasteiger partial charge in [0.05, 0.1) is 19.1 Å². The van der Waals surface area contributed by atoms with Gasteiger partial charge in [0, 0.05) is 37.4 Å². The lowest BCUT2D eigenvalue weighted by Crippen LogP contribution is -2.47. The van der Waals surface area contributed by atoms with Gasteiger partial charge in [0.25, 0.3) is 0 Å². The van der Waals surface area contributed by atoms with Crippen LogP contribution in [0.25, 0.3) is 11.1 Å². The number of esters is 1. The summed E-state index contributed by atoms with van der Waals surface area (Å²) in [6.07, 6.45) is 1.73. The molecular formula is C31H38N2O3. The van der Waals surface area contributed by atoms with Crippen LogP contribution >= 0.6 is 0 Å².